The molecule has 3 heterocycles. The molecule has 2 amide bonds. The van der Waals surface area contributed by atoms with Crippen LogP contribution in [0.3, 0.4) is 0 Å². The first kappa shape index (κ1) is 39.0. The molecule has 58 heavy (non-hydrogen) atoms. The molecule has 0 aliphatic carbocycles. The van der Waals surface area contributed by atoms with Crippen LogP contribution in [0.25, 0.3) is 0 Å². The van der Waals surface area contributed by atoms with E-state index < -0.39 is 40.9 Å². The van der Waals surface area contributed by atoms with Crippen LogP contribution in [0.2, 0.25) is 4.34 Å². The van der Waals surface area contributed by atoms with Crippen LogP contribution in [0.1, 0.15) is 39.6 Å². The first-order valence-corrected chi connectivity index (χ1v) is 20.8. The number of thioether (sulfide) groups is 1. The van der Waals surface area contributed by atoms with E-state index in [4.69, 9.17) is 26.9 Å². The van der Waals surface area contributed by atoms with Crippen molar-refractivity contribution in [2.24, 2.45) is 5.16 Å². The number of carbonyl (C=O) groups excluding carboxylic acids is 3. The Morgan fingerprint density at radius 2 is 1.31 bits per heavy atom. The quantitative estimate of drug-likeness (QED) is 0.0282. The summed E-state index contributed by atoms with van der Waals surface area (Å²) in [4.78, 5) is 55.1. The molecule has 3 N–H and O–H groups in total. The molecule has 290 valence electrons. The van der Waals surface area contributed by atoms with Crippen molar-refractivity contribution in [2.45, 2.75) is 23.1 Å². The van der Waals surface area contributed by atoms with Gasteiger partial charge in [-0.25, -0.2) is 9.78 Å². The number of β-lactam (4-membered cyclic amide) rings is 1. The Kier molecular flexibility index (Phi) is 11.4. The van der Waals surface area contributed by atoms with Crippen LogP contribution in [0.5, 0.6) is 0 Å². The van der Waals surface area contributed by atoms with Crippen LogP contribution in [0.15, 0.2) is 167 Å². The van der Waals surface area contributed by atoms with E-state index >= 15 is 0 Å². The van der Waals surface area contributed by atoms with Crippen molar-refractivity contribution in [3.05, 3.63) is 200 Å². The lowest BCUT2D eigenvalue weighted by atomic mass is 9.80. The number of carbonyl (C=O) groups is 3. The standard InChI is InChI=1S/C44H34ClN5O5S3/c45-38-33(48-43(46)58-38)34(49-55-44(29-20-10-3-11-21-29,30-22-12-4-13-23-30)31-24-14-5-15-25-31)39(51)47-35-40(52)50-36(32(56)26-57-41(35)50)42(53)54-37(27-16-6-1-7-17-27)28-18-8-2-9-19-28/h1-25,35,37,41,56H,26H2,(H2,46,48)(H,47,51)/b49-34-/t35-,41?/m1/s1. The molecule has 0 radical (unpaired) electrons. The third-order valence-electron chi connectivity index (χ3n) is 9.71. The second kappa shape index (κ2) is 16.9. The van der Waals surface area contributed by atoms with E-state index in [0.29, 0.717) is 10.7 Å². The van der Waals surface area contributed by atoms with Gasteiger partial charge in [-0.05, 0) is 11.1 Å². The molecule has 6 aromatic rings. The minimum Gasteiger partial charge on any atom is -0.448 e. The Balaban J connectivity index is 1.11. The number of rotatable bonds is 12. The first-order chi connectivity index (χ1) is 28.3. The summed E-state index contributed by atoms with van der Waals surface area (Å²) in [5, 5.41) is 6.81. The Hall–Kier alpha value is -5.86. The molecule has 2 aliphatic heterocycles. The molecule has 1 unspecified atom stereocenters. The van der Waals surface area contributed by atoms with E-state index in [1.165, 1.54) is 16.7 Å². The third-order valence-corrected chi connectivity index (χ3v) is 12.7. The third kappa shape index (κ3) is 7.49. The zero-order chi connectivity index (χ0) is 40.2. The van der Waals surface area contributed by atoms with Gasteiger partial charge < -0.3 is 20.6 Å². The number of oxime groups is 1. The number of benzene rings is 5. The van der Waals surface area contributed by atoms with Crippen LogP contribution in [0, 0.1) is 0 Å². The van der Waals surface area contributed by atoms with E-state index in [1.54, 1.807) is 0 Å². The number of hydrogen-bond acceptors (Lipinski definition) is 11. The molecule has 10 nitrogen and oxygen atoms in total. The number of halogens is 1. The van der Waals surface area contributed by atoms with Gasteiger partial charge in [-0.15, -0.1) is 24.4 Å². The number of nitrogens with one attached hydrogen (secondary N) is 1. The molecule has 2 aliphatic rings. The summed E-state index contributed by atoms with van der Waals surface area (Å²) in [6.45, 7) is 0. The van der Waals surface area contributed by atoms with Crippen molar-refractivity contribution < 1.29 is 24.0 Å². The monoisotopic (exact) mass is 843 g/mol. The van der Waals surface area contributed by atoms with Crippen molar-refractivity contribution in [2.75, 3.05) is 11.5 Å². The van der Waals surface area contributed by atoms with Crippen molar-refractivity contribution >= 4 is 76.0 Å². The predicted molar refractivity (Wildman–Crippen MR) is 230 cm³/mol. The molecule has 2 atom stereocenters. The summed E-state index contributed by atoms with van der Waals surface area (Å²) >= 11 is 13.6. The number of nitrogens with two attached hydrogens (primary N) is 1. The fraction of sp³-hybridized carbons (Fsp3) is 0.114. The van der Waals surface area contributed by atoms with Crippen molar-refractivity contribution in [3.63, 3.8) is 0 Å². The number of amides is 2. The Bertz CT molecular complexity index is 2370. The van der Waals surface area contributed by atoms with E-state index in [-0.39, 0.29) is 26.6 Å². The maximum atomic E-state index is 14.4. The molecule has 1 saturated heterocycles. The summed E-state index contributed by atoms with van der Waals surface area (Å²) < 4.78 is 6.23. The lowest BCUT2D eigenvalue weighted by Gasteiger charge is -2.49. The largest absolute Gasteiger partial charge is 0.448 e. The summed E-state index contributed by atoms with van der Waals surface area (Å²) in [5.74, 6) is -1.74. The number of thiazole rings is 1. The first-order valence-electron chi connectivity index (χ1n) is 18.1. The topological polar surface area (TPSA) is 136 Å². The Labute approximate surface area is 353 Å². The number of esters is 1. The molecule has 1 fully saturated rings. The average Bonchev–Trinajstić information content (AvgIpc) is 3.61. The van der Waals surface area contributed by atoms with Gasteiger partial charge in [0.1, 0.15) is 27.1 Å². The van der Waals surface area contributed by atoms with E-state index in [0.717, 1.165) is 39.2 Å². The highest BCUT2D eigenvalue weighted by Gasteiger charge is 2.55. The number of fused-ring (bicyclic) bond motifs is 1. The van der Waals surface area contributed by atoms with Gasteiger partial charge in [-0.1, -0.05) is 180 Å². The SMILES string of the molecule is Nc1nc(/C(=N/OC(c2ccccc2)(c2ccccc2)c2ccccc2)C(=O)N[C@@H]2C(=O)N3C(C(=O)OC(c4ccccc4)c4ccccc4)=C(S)CSC23)c(Cl)s1. The van der Waals surface area contributed by atoms with Gasteiger partial charge in [0.25, 0.3) is 11.8 Å². The van der Waals surface area contributed by atoms with Gasteiger partial charge in [-0.2, -0.15) is 0 Å². The normalized spacial score (nSPS) is 16.7. The number of nitrogens with zero attached hydrogens (tertiary/aromatic N) is 3. The molecule has 5 aromatic carbocycles. The maximum Gasteiger partial charge on any atom is 0.356 e. The lowest BCUT2D eigenvalue weighted by molar-refractivity contribution is -0.154. The fourth-order valence-electron chi connectivity index (χ4n) is 7.00. The molecule has 0 spiro atoms. The van der Waals surface area contributed by atoms with Gasteiger partial charge in [0.2, 0.25) is 5.60 Å². The number of thiol groups is 1. The molecular weight excluding hydrogens is 810 g/mol. The molecule has 8 rings (SSSR count). The zero-order valence-corrected chi connectivity index (χ0v) is 33.8. The number of hydrogen-bond donors (Lipinski definition) is 3. The van der Waals surface area contributed by atoms with Gasteiger partial charge in [0, 0.05) is 27.3 Å². The Morgan fingerprint density at radius 3 is 1.78 bits per heavy atom. The highest BCUT2D eigenvalue weighted by Crippen LogP contribution is 2.44. The molecule has 0 bridgehead atoms. The van der Waals surface area contributed by atoms with E-state index in [1.807, 2.05) is 152 Å². The Morgan fingerprint density at radius 1 is 0.828 bits per heavy atom. The molecule has 0 saturated carbocycles. The van der Waals surface area contributed by atoms with E-state index in [9.17, 15) is 14.4 Å². The minimum absolute atomic E-state index is 0.0145. The van der Waals surface area contributed by atoms with Gasteiger partial charge >= 0.3 is 5.97 Å². The predicted octanol–water partition coefficient (Wildman–Crippen LogP) is 7.97. The molecule has 14 heteroatoms. The smallest absolute Gasteiger partial charge is 0.356 e. The molecular formula is C44H34ClN5O5S3. The average molecular weight is 844 g/mol. The number of aromatic nitrogens is 1. The van der Waals surface area contributed by atoms with Crippen LogP contribution in [-0.4, -0.2) is 50.5 Å². The number of anilines is 1. The minimum atomic E-state index is -1.34. The van der Waals surface area contributed by atoms with Crippen molar-refractivity contribution in [1.82, 2.24) is 15.2 Å². The van der Waals surface area contributed by atoms with Gasteiger partial charge in [0.05, 0.1) is 0 Å². The van der Waals surface area contributed by atoms with Gasteiger partial charge in [-0.3, -0.25) is 14.5 Å². The highest BCUT2D eigenvalue weighted by atomic mass is 35.5. The number of ether oxygens (including phenoxy) is 1. The second-order valence-electron chi connectivity index (χ2n) is 13.2. The second-order valence-corrected chi connectivity index (χ2v) is 16.5. The van der Waals surface area contributed by atoms with Crippen molar-refractivity contribution in [3.8, 4) is 0 Å². The van der Waals surface area contributed by atoms with E-state index in [2.05, 4.69) is 28.1 Å². The van der Waals surface area contributed by atoms with Crippen LogP contribution < -0.4 is 11.1 Å². The lowest BCUT2D eigenvalue weighted by Crippen LogP contribution is -2.71. The molecule has 1 aromatic heterocycles. The van der Waals surface area contributed by atoms with Crippen LogP contribution in [0.4, 0.5) is 5.13 Å². The summed E-state index contributed by atoms with van der Waals surface area (Å²) in [7, 11) is 0. The maximum absolute atomic E-state index is 14.4. The highest BCUT2D eigenvalue weighted by molar-refractivity contribution is 8.01. The van der Waals surface area contributed by atoms with Crippen LogP contribution in [-0.2, 0) is 29.6 Å². The zero-order valence-electron chi connectivity index (χ0n) is 30.5. The van der Waals surface area contributed by atoms with Crippen LogP contribution >= 0.6 is 47.3 Å². The van der Waals surface area contributed by atoms with Gasteiger partial charge in [0.15, 0.2) is 16.9 Å². The summed E-state index contributed by atoms with van der Waals surface area (Å²) in [6, 6.07) is 46.2. The number of nitrogen functional groups attached to an aromatic ring is 1. The summed E-state index contributed by atoms with van der Waals surface area (Å²) in [6.07, 6.45) is -0.743. The summed E-state index contributed by atoms with van der Waals surface area (Å²) in [5.41, 5.74) is 8.15. The van der Waals surface area contributed by atoms with Crippen molar-refractivity contribution in [1.29, 1.82) is 0 Å². The fourth-order valence-corrected chi connectivity index (χ4v) is 9.55.